The van der Waals surface area contributed by atoms with Crippen molar-refractivity contribution >= 4 is 47.3 Å². The van der Waals surface area contributed by atoms with E-state index in [1.807, 2.05) is 17.0 Å². The highest BCUT2D eigenvalue weighted by atomic mass is 35.5. The summed E-state index contributed by atoms with van der Waals surface area (Å²) in [6, 6.07) is 13.1. The van der Waals surface area contributed by atoms with Crippen LogP contribution in [0.2, 0.25) is 0 Å². The number of amides is 1. The first-order valence-corrected chi connectivity index (χ1v) is 11.5. The summed E-state index contributed by atoms with van der Waals surface area (Å²) in [6.45, 7) is 8.21. The number of hydrogen-bond acceptors (Lipinski definition) is 3. The van der Waals surface area contributed by atoms with Gasteiger partial charge in [-0.25, -0.2) is 4.39 Å². The fraction of sp³-hybridized carbons (Fsp3) is 0.423. The van der Waals surface area contributed by atoms with E-state index >= 15 is 0 Å². The quantitative estimate of drug-likeness (QED) is 0.568. The van der Waals surface area contributed by atoms with Crippen LogP contribution in [0.3, 0.4) is 0 Å². The number of piperazine rings is 1. The van der Waals surface area contributed by atoms with Crippen LogP contribution in [0.25, 0.3) is 10.9 Å². The summed E-state index contributed by atoms with van der Waals surface area (Å²) < 4.78 is 15.4. The van der Waals surface area contributed by atoms with E-state index in [1.165, 1.54) is 34.3 Å². The highest BCUT2D eigenvalue weighted by molar-refractivity contribution is 5.98. The van der Waals surface area contributed by atoms with Crippen molar-refractivity contribution in [3.8, 4) is 0 Å². The maximum atomic E-state index is 13.1. The first-order chi connectivity index (χ1) is 15.3. The second kappa shape index (κ2) is 10.2. The standard InChI is InChI=1S/C26H31FN4O.2ClH/c1-26(2)25-21-9-8-20(16-23(21)29(3)22(25)10-12-28-26)31-15-14-30(17-24(31)32)13-11-18-4-6-19(27)7-5-18;;/h4-9,16,28H,10-15,17H2,1-3H3;2*1H. The lowest BCUT2D eigenvalue weighted by atomic mass is 9.87. The van der Waals surface area contributed by atoms with Gasteiger partial charge in [-0.1, -0.05) is 18.2 Å². The molecule has 0 saturated carbocycles. The zero-order valence-corrected chi connectivity index (χ0v) is 21.6. The van der Waals surface area contributed by atoms with E-state index in [2.05, 4.69) is 53.9 Å². The summed E-state index contributed by atoms with van der Waals surface area (Å²) in [4.78, 5) is 17.1. The Morgan fingerprint density at radius 3 is 2.50 bits per heavy atom. The van der Waals surface area contributed by atoms with Crippen LogP contribution >= 0.6 is 24.8 Å². The Hall–Kier alpha value is -2.12. The lowest BCUT2D eigenvalue weighted by Crippen LogP contribution is -2.50. The molecule has 5 nitrogen and oxygen atoms in total. The smallest absolute Gasteiger partial charge is 0.241 e. The van der Waals surface area contributed by atoms with Crippen LogP contribution in [-0.4, -0.2) is 48.1 Å². The Morgan fingerprint density at radius 2 is 1.79 bits per heavy atom. The van der Waals surface area contributed by atoms with Crippen molar-refractivity contribution in [1.82, 2.24) is 14.8 Å². The number of rotatable bonds is 4. The van der Waals surface area contributed by atoms with Gasteiger partial charge in [-0.05, 0) is 50.1 Å². The Balaban J connectivity index is 0.00000162. The summed E-state index contributed by atoms with van der Waals surface area (Å²) in [5.74, 6) is -0.0795. The number of nitrogens with one attached hydrogen (secondary N) is 1. The average molecular weight is 507 g/mol. The van der Waals surface area contributed by atoms with Crippen LogP contribution in [0, 0.1) is 5.82 Å². The molecule has 0 spiro atoms. The van der Waals surface area contributed by atoms with Crippen molar-refractivity contribution in [2.24, 2.45) is 7.05 Å². The molecule has 0 bridgehead atoms. The molecule has 1 aromatic heterocycles. The summed E-state index contributed by atoms with van der Waals surface area (Å²) in [5.41, 5.74) is 5.97. The third-order valence-corrected chi connectivity index (χ3v) is 7.10. The summed E-state index contributed by atoms with van der Waals surface area (Å²) in [6.07, 6.45) is 1.84. The van der Waals surface area contributed by atoms with Gasteiger partial charge in [0.15, 0.2) is 0 Å². The van der Waals surface area contributed by atoms with Gasteiger partial charge in [0.25, 0.3) is 0 Å². The van der Waals surface area contributed by atoms with Crippen LogP contribution in [0.1, 0.15) is 30.7 Å². The Bertz CT molecular complexity index is 1180. The summed E-state index contributed by atoms with van der Waals surface area (Å²) in [7, 11) is 2.14. The number of aromatic nitrogens is 1. The maximum Gasteiger partial charge on any atom is 0.241 e. The molecule has 3 aromatic rings. The van der Waals surface area contributed by atoms with Crippen LogP contribution in [-0.2, 0) is 30.2 Å². The molecule has 1 amide bonds. The van der Waals surface area contributed by atoms with Gasteiger partial charge in [0.05, 0.1) is 12.1 Å². The van der Waals surface area contributed by atoms with E-state index in [1.54, 1.807) is 0 Å². The van der Waals surface area contributed by atoms with Gasteiger partial charge in [0.2, 0.25) is 5.91 Å². The molecule has 1 fully saturated rings. The molecule has 0 radical (unpaired) electrons. The highest BCUT2D eigenvalue weighted by Gasteiger charge is 2.32. The third kappa shape index (κ3) is 4.82. The number of carbonyl (C=O) groups excluding carboxylic acids is 1. The van der Waals surface area contributed by atoms with Gasteiger partial charge < -0.3 is 14.8 Å². The molecule has 5 rings (SSSR count). The van der Waals surface area contributed by atoms with Crippen molar-refractivity contribution in [2.45, 2.75) is 32.2 Å². The molecular weight excluding hydrogens is 474 g/mol. The highest BCUT2D eigenvalue weighted by Crippen LogP contribution is 2.38. The molecule has 184 valence electrons. The molecule has 0 atom stereocenters. The Kier molecular flexibility index (Phi) is 7.98. The first kappa shape index (κ1) is 26.5. The van der Waals surface area contributed by atoms with E-state index in [-0.39, 0.29) is 42.1 Å². The van der Waals surface area contributed by atoms with E-state index in [9.17, 15) is 9.18 Å². The lowest BCUT2D eigenvalue weighted by Gasteiger charge is -2.34. The van der Waals surface area contributed by atoms with Crippen molar-refractivity contribution < 1.29 is 9.18 Å². The van der Waals surface area contributed by atoms with Gasteiger partial charge in [-0.2, -0.15) is 0 Å². The Morgan fingerprint density at radius 1 is 1.06 bits per heavy atom. The van der Waals surface area contributed by atoms with E-state index in [0.29, 0.717) is 13.1 Å². The number of carbonyl (C=O) groups is 1. The van der Waals surface area contributed by atoms with Crippen molar-refractivity contribution in [3.63, 3.8) is 0 Å². The number of halogens is 3. The molecule has 8 heteroatoms. The van der Waals surface area contributed by atoms with Crippen LogP contribution in [0.15, 0.2) is 42.5 Å². The fourth-order valence-electron chi connectivity index (χ4n) is 5.34. The third-order valence-electron chi connectivity index (χ3n) is 7.10. The zero-order valence-electron chi connectivity index (χ0n) is 19.9. The van der Waals surface area contributed by atoms with Crippen LogP contribution < -0.4 is 10.2 Å². The topological polar surface area (TPSA) is 40.5 Å². The molecule has 0 unspecified atom stereocenters. The van der Waals surface area contributed by atoms with E-state index in [0.717, 1.165) is 43.7 Å². The SMILES string of the molecule is Cl.Cl.Cn1c2c(c3ccc(N4CCN(CCc5ccc(F)cc5)CC4=O)cc31)C(C)(C)NCC2. The van der Waals surface area contributed by atoms with Gasteiger partial charge in [0, 0.05) is 67.5 Å². The number of aryl methyl sites for hydroxylation is 1. The minimum atomic E-state index is -0.214. The number of benzene rings is 2. The van der Waals surface area contributed by atoms with Gasteiger partial charge in [-0.3, -0.25) is 9.69 Å². The maximum absolute atomic E-state index is 13.1. The number of hydrogen-bond donors (Lipinski definition) is 1. The molecule has 2 aliphatic rings. The van der Waals surface area contributed by atoms with Crippen molar-refractivity contribution in [3.05, 3.63) is 65.1 Å². The zero-order chi connectivity index (χ0) is 22.5. The van der Waals surface area contributed by atoms with E-state index in [4.69, 9.17) is 0 Å². The predicted molar refractivity (Wildman–Crippen MR) is 141 cm³/mol. The number of anilines is 1. The van der Waals surface area contributed by atoms with Crippen molar-refractivity contribution in [1.29, 1.82) is 0 Å². The molecule has 0 aliphatic carbocycles. The number of fused-ring (bicyclic) bond motifs is 3. The lowest BCUT2D eigenvalue weighted by molar-refractivity contribution is -0.121. The van der Waals surface area contributed by atoms with Crippen molar-refractivity contribution in [2.75, 3.05) is 37.6 Å². The van der Waals surface area contributed by atoms with Crippen LogP contribution in [0.5, 0.6) is 0 Å². The molecule has 1 saturated heterocycles. The monoisotopic (exact) mass is 506 g/mol. The molecule has 1 N–H and O–H groups in total. The fourth-order valence-corrected chi connectivity index (χ4v) is 5.34. The largest absolute Gasteiger partial charge is 0.347 e. The Labute approximate surface area is 213 Å². The normalized spacial score (nSPS) is 17.8. The van der Waals surface area contributed by atoms with Crippen LogP contribution in [0.4, 0.5) is 10.1 Å². The minimum absolute atomic E-state index is 0. The average Bonchev–Trinajstić information content (AvgIpc) is 3.06. The predicted octanol–water partition coefficient (Wildman–Crippen LogP) is 4.43. The molecule has 3 heterocycles. The molecular formula is C26H33Cl2FN4O. The van der Waals surface area contributed by atoms with E-state index < -0.39 is 0 Å². The van der Waals surface area contributed by atoms with Gasteiger partial charge in [0.1, 0.15) is 5.82 Å². The summed E-state index contributed by atoms with van der Waals surface area (Å²) >= 11 is 0. The van der Waals surface area contributed by atoms with Gasteiger partial charge >= 0.3 is 0 Å². The molecule has 2 aromatic carbocycles. The second-order valence-electron chi connectivity index (χ2n) is 9.58. The molecule has 34 heavy (non-hydrogen) atoms. The summed E-state index contributed by atoms with van der Waals surface area (Å²) in [5, 5.41) is 4.91. The number of nitrogens with zero attached hydrogens (tertiary/aromatic N) is 3. The minimum Gasteiger partial charge on any atom is -0.347 e. The van der Waals surface area contributed by atoms with Gasteiger partial charge in [-0.15, -0.1) is 24.8 Å². The molecule has 2 aliphatic heterocycles. The first-order valence-electron chi connectivity index (χ1n) is 11.5. The second-order valence-corrected chi connectivity index (χ2v) is 9.58.